The predicted molar refractivity (Wildman–Crippen MR) is 154 cm³/mol. The van der Waals surface area contributed by atoms with Gasteiger partial charge < -0.3 is 14.5 Å². The van der Waals surface area contributed by atoms with Crippen LogP contribution >= 0.6 is 0 Å². The van der Waals surface area contributed by atoms with Crippen molar-refractivity contribution in [3.8, 4) is 5.75 Å². The molecule has 4 heteroatoms. The van der Waals surface area contributed by atoms with E-state index in [1.54, 1.807) is 0 Å². The Morgan fingerprint density at radius 3 is 2.38 bits per heavy atom. The van der Waals surface area contributed by atoms with Gasteiger partial charge in [-0.1, -0.05) is 74.5 Å². The lowest BCUT2D eigenvalue weighted by atomic mass is 9.77. The van der Waals surface area contributed by atoms with Gasteiger partial charge in [0.25, 0.3) is 0 Å². The zero-order valence-corrected chi connectivity index (χ0v) is 22.0. The summed E-state index contributed by atoms with van der Waals surface area (Å²) in [5, 5.41) is 2.34. The highest BCUT2D eigenvalue weighted by Crippen LogP contribution is 2.56. The van der Waals surface area contributed by atoms with E-state index in [2.05, 4.69) is 123 Å². The summed E-state index contributed by atoms with van der Waals surface area (Å²) in [7, 11) is 0. The largest absolute Gasteiger partial charge is 0.459 e. The molecule has 0 amide bonds. The molecule has 0 aliphatic carbocycles. The molecular formula is C33H33N3O. The van der Waals surface area contributed by atoms with Gasteiger partial charge >= 0.3 is 0 Å². The highest BCUT2D eigenvalue weighted by Gasteiger charge is 2.59. The maximum Gasteiger partial charge on any atom is 0.228 e. The number of ether oxygens (including phenoxy) is 1. The maximum absolute atomic E-state index is 7.24. The third-order valence-electron chi connectivity index (χ3n) is 8.48. The van der Waals surface area contributed by atoms with Gasteiger partial charge in [-0.15, -0.1) is 0 Å². The zero-order valence-electron chi connectivity index (χ0n) is 22.0. The first kappa shape index (κ1) is 22.4. The molecule has 1 atom stereocenters. The first-order valence-corrected chi connectivity index (χ1v) is 13.4. The Kier molecular flexibility index (Phi) is 4.76. The molecule has 37 heavy (non-hydrogen) atoms. The molecule has 0 saturated heterocycles. The van der Waals surface area contributed by atoms with Gasteiger partial charge in [0, 0.05) is 41.3 Å². The second kappa shape index (κ2) is 7.85. The molecule has 1 spiro atoms. The molecule has 3 heterocycles. The highest BCUT2D eigenvalue weighted by atomic mass is 16.5. The van der Waals surface area contributed by atoms with E-state index >= 15 is 0 Å². The van der Waals surface area contributed by atoms with Crippen molar-refractivity contribution in [1.82, 2.24) is 0 Å². The van der Waals surface area contributed by atoms with Crippen LogP contribution in [0.3, 0.4) is 0 Å². The average molecular weight is 488 g/mol. The molecule has 4 aromatic carbocycles. The van der Waals surface area contributed by atoms with E-state index in [0.29, 0.717) is 5.92 Å². The third kappa shape index (κ3) is 3.05. The minimum atomic E-state index is -0.698. The van der Waals surface area contributed by atoms with E-state index in [0.717, 1.165) is 36.3 Å². The van der Waals surface area contributed by atoms with Crippen molar-refractivity contribution in [3.05, 3.63) is 90.0 Å². The number of rotatable bonds is 3. The summed E-state index contributed by atoms with van der Waals surface area (Å²) in [5.41, 5.74) is 6.36. The predicted octanol–water partition coefficient (Wildman–Crippen LogP) is 7.78. The zero-order chi connectivity index (χ0) is 25.4. The van der Waals surface area contributed by atoms with Gasteiger partial charge in [-0.25, -0.2) is 0 Å². The average Bonchev–Trinajstić information content (AvgIpc) is 3.40. The van der Waals surface area contributed by atoms with Gasteiger partial charge in [-0.05, 0) is 49.4 Å². The van der Waals surface area contributed by atoms with E-state index < -0.39 is 5.72 Å². The number of fused-ring (bicyclic) bond motifs is 5. The van der Waals surface area contributed by atoms with Crippen LogP contribution < -0.4 is 14.5 Å². The van der Waals surface area contributed by atoms with Crippen molar-refractivity contribution in [2.75, 3.05) is 22.9 Å². The minimum Gasteiger partial charge on any atom is -0.459 e. The SMILES string of the molecule is CC(C)CN1c2ccccc2C(C)(C)[C@@]12C=Nc1c(cc(N3CCc4ccccc43)c3ccccc13)O2. The van der Waals surface area contributed by atoms with Gasteiger partial charge in [0.05, 0.1) is 17.3 Å². The summed E-state index contributed by atoms with van der Waals surface area (Å²) in [6.07, 6.45) is 3.13. The Morgan fingerprint density at radius 1 is 0.865 bits per heavy atom. The fourth-order valence-electron chi connectivity index (χ4n) is 6.64. The first-order valence-electron chi connectivity index (χ1n) is 13.4. The Morgan fingerprint density at radius 2 is 1.57 bits per heavy atom. The van der Waals surface area contributed by atoms with Crippen LogP contribution in [0.15, 0.2) is 83.9 Å². The number of para-hydroxylation sites is 2. The van der Waals surface area contributed by atoms with Crippen molar-refractivity contribution in [1.29, 1.82) is 0 Å². The van der Waals surface area contributed by atoms with Gasteiger partial charge in [0.15, 0.2) is 5.75 Å². The van der Waals surface area contributed by atoms with Gasteiger partial charge in [-0.3, -0.25) is 4.99 Å². The van der Waals surface area contributed by atoms with Crippen molar-refractivity contribution < 1.29 is 4.74 Å². The first-order chi connectivity index (χ1) is 17.9. The van der Waals surface area contributed by atoms with Crippen molar-refractivity contribution >= 4 is 39.7 Å². The number of anilines is 3. The molecule has 0 fully saturated rings. The van der Waals surface area contributed by atoms with E-state index in [1.807, 2.05) is 0 Å². The summed E-state index contributed by atoms with van der Waals surface area (Å²) >= 11 is 0. The lowest BCUT2D eigenvalue weighted by Crippen LogP contribution is -2.62. The third-order valence-corrected chi connectivity index (χ3v) is 8.48. The van der Waals surface area contributed by atoms with Crippen LogP contribution in [-0.2, 0) is 11.8 Å². The quantitative estimate of drug-likeness (QED) is 0.295. The Hall–Kier alpha value is -3.79. The van der Waals surface area contributed by atoms with Crippen LogP contribution in [0.2, 0.25) is 0 Å². The van der Waals surface area contributed by atoms with Gasteiger partial charge in [0.1, 0.15) is 5.69 Å². The monoisotopic (exact) mass is 487 g/mol. The van der Waals surface area contributed by atoms with Crippen LogP contribution in [0.5, 0.6) is 5.75 Å². The fourth-order valence-corrected chi connectivity index (χ4v) is 6.64. The molecule has 0 radical (unpaired) electrons. The lowest BCUT2D eigenvalue weighted by Gasteiger charge is -2.47. The summed E-state index contributed by atoms with van der Waals surface area (Å²) in [5.74, 6) is 1.33. The number of hydrogen-bond donors (Lipinski definition) is 0. The molecule has 0 unspecified atom stereocenters. The second-order valence-corrected chi connectivity index (χ2v) is 11.5. The Balaban J connectivity index is 1.43. The van der Waals surface area contributed by atoms with Crippen LogP contribution in [0.25, 0.3) is 10.8 Å². The summed E-state index contributed by atoms with van der Waals surface area (Å²) in [4.78, 5) is 10.1. The number of aliphatic imine (C=N–C) groups is 1. The molecule has 4 nitrogen and oxygen atoms in total. The maximum atomic E-state index is 7.24. The summed E-state index contributed by atoms with van der Waals surface area (Å²) in [6.45, 7) is 11.0. The van der Waals surface area contributed by atoms with E-state index in [-0.39, 0.29) is 5.41 Å². The van der Waals surface area contributed by atoms with E-state index in [9.17, 15) is 0 Å². The second-order valence-electron chi connectivity index (χ2n) is 11.5. The van der Waals surface area contributed by atoms with Crippen molar-refractivity contribution in [2.24, 2.45) is 10.9 Å². The van der Waals surface area contributed by atoms with Crippen LogP contribution in [0.1, 0.15) is 38.8 Å². The van der Waals surface area contributed by atoms with E-state index in [1.165, 1.54) is 33.6 Å². The molecule has 186 valence electrons. The van der Waals surface area contributed by atoms with E-state index in [4.69, 9.17) is 9.73 Å². The molecule has 0 N–H and O–H groups in total. The smallest absolute Gasteiger partial charge is 0.228 e. The molecule has 7 rings (SSSR count). The number of hydrogen-bond acceptors (Lipinski definition) is 4. The summed E-state index contributed by atoms with van der Waals surface area (Å²) < 4.78 is 7.24. The molecule has 0 saturated carbocycles. The standard InChI is InChI=1S/C33H33N3O/c1-22(2)20-36-28-16-10-8-14-26(28)32(3,4)33(36)21-34-31-25-13-7-6-12-24(25)29(19-30(31)37-33)35-18-17-23-11-5-9-15-27(23)35/h5-16,19,21-22H,17-18,20H2,1-4H3/t33-/m0/s1. The molecular weight excluding hydrogens is 454 g/mol. The molecule has 0 bridgehead atoms. The highest BCUT2D eigenvalue weighted by molar-refractivity contribution is 6.07. The minimum absolute atomic E-state index is 0.286. The fraction of sp³-hybridized carbons (Fsp3) is 0.303. The topological polar surface area (TPSA) is 28.1 Å². The Labute approximate surface area is 219 Å². The molecule has 3 aliphatic rings. The van der Waals surface area contributed by atoms with Crippen molar-refractivity contribution in [3.63, 3.8) is 0 Å². The molecule has 0 aromatic heterocycles. The van der Waals surface area contributed by atoms with Crippen LogP contribution in [0.4, 0.5) is 22.7 Å². The molecule has 3 aliphatic heterocycles. The number of nitrogens with zero attached hydrogens (tertiary/aromatic N) is 3. The van der Waals surface area contributed by atoms with Crippen molar-refractivity contribution in [2.45, 2.75) is 45.3 Å². The Bertz CT molecular complexity index is 1570. The van der Waals surface area contributed by atoms with Crippen LogP contribution in [0, 0.1) is 5.92 Å². The normalized spacial score (nSPS) is 20.9. The lowest BCUT2D eigenvalue weighted by molar-refractivity contribution is 0.0757. The number of benzene rings is 4. The molecule has 4 aromatic rings. The van der Waals surface area contributed by atoms with Crippen LogP contribution in [-0.4, -0.2) is 25.0 Å². The van der Waals surface area contributed by atoms with Gasteiger partial charge in [0.2, 0.25) is 5.72 Å². The van der Waals surface area contributed by atoms with Gasteiger partial charge in [-0.2, -0.15) is 0 Å². The summed E-state index contributed by atoms with van der Waals surface area (Å²) in [6, 6.07) is 28.4.